The van der Waals surface area contributed by atoms with E-state index in [0.29, 0.717) is 26.1 Å². The lowest BCUT2D eigenvalue weighted by molar-refractivity contribution is -0.142. The molecule has 0 aromatic carbocycles. The van der Waals surface area contributed by atoms with Crippen molar-refractivity contribution >= 4 is 29.1 Å². The fraction of sp³-hybridized carbons (Fsp3) is 0.700. The minimum Gasteiger partial charge on any atom is -0.468 e. The quantitative estimate of drug-likeness (QED) is 0.516. The zero-order chi connectivity index (χ0) is 12.9. The Morgan fingerprint density at radius 2 is 2.06 bits per heavy atom. The molecule has 1 amide bonds. The Kier molecular flexibility index (Phi) is 4.83. The summed E-state index contributed by atoms with van der Waals surface area (Å²) in [5.74, 6) is -0.845. The van der Waals surface area contributed by atoms with Crippen molar-refractivity contribution in [2.45, 2.75) is 12.8 Å². The molecule has 0 aromatic rings. The van der Waals surface area contributed by atoms with Crippen molar-refractivity contribution in [1.82, 2.24) is 5.32 Å². The minimum atomic E-state index is -0.901. The van der Waals surface area contributed by atoms with E-state index in [1.165, 1.54) is 7.11 Å². The van der Waals surface area contributed by atoms with Crippen LogP contribution in [0.3, 0.4) is 0 Å². The van der Waals surface area contributed by atoms with E-state index in [1.807, 2.05) is 0 Å². The van der Waals surface area contributed by atoms with Crippen molar-refractivity contribution in [2.75, 3.05) is 26.9 Å². The first-order valence-corrected chi connectivity index (χ1v) is 5.66. The van der Waals surface area contributed by atoms with Crippen LogP contribution < -0.4 is 11.1 Å². The third kappa shape index (κ3) is 3.13. The number of ether oxygens (including phenoxy) is 2. The van der Waals surface area contributed by atoms with Crippen molar-refractivity contribution in [3.05, 3.63) is 0 Å². The molecule has 7 heteroatoms. The highest BCUT2D eigenvalue weighted by atomic mass is 32.1. The molecule has 0 aromatic heterocycles. The molecule has 3 N–H and O–H groups in total. The first-order valence-electron chi connectivity index (χ1n) is 5.25. The van der Waals surface area contributed by atoms with Crippen LogP contribution in [0.25, 0.3) is 0 Å². The van der Waals surface area contributed by atoms with Gasteiger partial charge in [-0.05, 0) is 12.8 Å². The lowest BCUT2D eigenvalue weighted by Gasteiger charge is -2.34. The Balaban J connectivity index is 2.67. The summed E-state index contributed by atoms with van der Waals surface area (Å²) in [6.45, 7) is 0.687. The molecule has 0 aliphatic carbocycles. The molecule has 0 radical (unpaired) electrons. The van der Waals surface area contributed by atoms with Gasteiger partial charge in [-0.1, -0.05) is 12.2 Å². The SMILES string of the molecule is COC(=O)CNC(=O)C1(C(N)=S)CCOCC1. The van der Waals surface area contributed by atoms with Gasteiger partial charge in [0.25, 0.3) is 0 Å². The Bertz CT molecular complexity index is 326. The largest absolute Gasteiger partial charge is 0.468 e. The summed E-state index contributed by atoms with van der Waals surface area (Å²) in [6.07, 6.45) is 0.880. The number of hydrogen-bond acceptors (Lipinski definition) is 5. The van der Waals surface area contributed by atoms with Crippen LogP contribution in [0.2, 0.25) is 0 Å². The van der Waals surface area contributed by atoms with Crippen molar-refractivity contribution in [3.63, 3.8) is 0 Å². The maximum atomic E-state index is 12.0. The van der Waals surface area contributed by atoms with Gasteiger partial charge in [0.15, 0.2) is 0 Å². The van der Waals surface area contributed by atoms with Crippen molar-refractivity contribution in [3.8, 4) is 0 Å². The number of hydrogen-bond donors (Lipinski definition) is 2. The highest BCUT2D eigenvalue weighted by Gasteiger charge is 2.42. The molecule has 1 aliphatic heterocycles. The Morgan fingerprint density at radius 1 is 1.47 bits per heavy atom. The predicted molar refractivity (Wildman–Crippen MR) is 64.3 cm³/mol. The molecule has 1 heterocycles. The number of esters is 1. The highest BCUT2D eigenvalue weighted by Crippen LogP contribution is 2.31. The topological polar surface area (TPSA) is 90.7 Å². The van der Waals surface area contributed by atoms with Crippen LogP contribution in [-0.2, 0) is 19.1 Å². The van der Waals surface area contributed by atoms with Crippen LogP contribution >= 0.6 is 12.2 Å². The van der Waals surface area contributed by atoms with Crippen molar-refractivity contribution < 1.29 is 19.1 Å². The molecular formula is C10H16N2O4S. The monoisotopic (exact) mass is 260 g/mol. The summed E-state index contributed by atoms with van der Waals surface area (Å²) >= 11 is 4.96. The van der Waals surface area contributed by atoms with Gasteiger partial charge in [0.05, 0.1) is 12.1 Å². The fourth-order valence-electron chi connectivity index (χ4n) is 1.70. The van der Waals surface area contributed by atoms with E-state index in [1.54, 1.807) is 0 Å². The average molecular weight is 260 g/mol. The van der Waals surface area contributed by atoms with Gasteiger partial charge in [-0.25, -0.2) is 0 Å². The second-order valence-corrected chi connectivity index (χ2v) is 4.26. The van der Waals surface area contributed by atoms with Crippen molar-refractivity contribution in [1.29, 1.82) is 0 Å². The molecule has 1 fully saturated rings. The van der Waals surface area contributed by atoms with E-state index in [0.717, 1.165) is 0 Å². The van der Waals surface area contributed by atoms with Crippen molar-refractivity contribution in [2.24, 2.45) is 11.1 Å². The van der Waals surface area contributed by atoms with E-state index in [2.05, 4.69) is 10.1 Å². The average Bonchev–Trinajstić information content (AvgIpc) is 2.35. The number of methoxy groups -OCH3 is 1. The number of thiocarbonyl (C=S) groups is 1. The second-order valence-electron chi connectivity index (χ2n) is 3.82. The normalized spacial score (nSPS) is 18.2. The van der Waals surface area contributed by atoms with Crippen LogP contribution in [0.4, 0.5) is 0 Å². The highest BCUT2D eigenvalue weighted by molar-refractivity contribution is 7.80. The number of carbonyl (C=O) groups is 2. The molecular weight excluding hydrogens is 244 g/mol. The van der Waals surface area contributed by atoms with E-state index >= 15 is 0 Å². The molecule has 0 unspecified atom stereocenters. The van der Waals surface area contributed by atoms with Gasteiger partial charge in [-0.15, -0.1) is 0 Å². The van der Waals surface area contributed by atoms with Gasteiger partial charge >= 0.3 is 5.97 Å². The second kappa shape index (κ2) is 5.92. The lowest BCUT2D eigenvalue weighted by atomic mass is 9.79. The van der Waals surface area contributed by atoms with Gasteiger partial charge < -0.3 is 20.5 Å². The summed E-state index contributed by atoms with van der Waals surface area (Å²) in [7, 11) is 1.26. The molecule has 0 bridgehead atoms. The van der Waals surface area contributed by atoms with Gasteiger partial charge in [0.1, 0.15) is 12.0 Å². The Labute approximate surface area is 105 Å². The standard InChI is InChI=1S/C10H16N2O4S/c1-15-7(13)6-12-9(14)10(8(11)17)2-4-16-5-3-10/h2-6H2,1H3,(H2,11,17)(H,12,14). The Hall–Kier alpha value is -1.21. The first-order chi connectivity index (χ1) is 8.03. The first kappa shape index (κ1) is 13.9. The molecule has 6 nitrogen and oxygen atoms in total. The summed E-state index contributed by atoms with van der Waals surface area (Å²) in [4.78, 5) is 23.1. The number of rotatable bonds is 4. The van der Waals surface area contributed by atoms with Crippen LogP contribution in [0.1, 0.15) is 12.8 Å². The minimum absolute atomic E-state index is 0.142. The molecule has 0 spiro atoms. The maximum absolute atomic E-state index is 12.0. The van der Waals surface area contributed by atoms with E-state index < -0.39 is 11.4 Å². The number of carbonyl (C=O) groups excluding carboxylic acids is 2. The number of nitrogens with two attached hydrogens (primary N) is 1. The van der Waals surface area contributed by atoms with E-state index in [-0.39, 0.29) is 17.4 Å². The zero-order valence-electron chi connectivity index (χ0n) is 9.65. The third-order valence-corrected chi connectivity index (χ3v) is 3.26. The third-order valence-electron chi connectivity index (χ3n) is 2.87. The summed E-state index contributed by atoms with van der Waals surface area (Å²) in [5.41, 5.74) is 4.74. The lowest BCUT2D eigenvalue weighted by Crippen LogP contribution is -2.52. The molecule has 96 valence electrons. The molecule has 1 saturated heterocycles. The number of amides is 1. The predicted octanol–water partition coefficient (Wildman–Crippen LogP) is -0.641. The summed E-state index contributed by atoms with van der Waals surface area (Å²) in [5, 5.41) is 2.49. The van der Waals surface area contributed by atoms with Gasteiger partial charge in [-0.2, -0.15) is 0 Å². The molecule has 17 heavy (non-hydrogen) atoms. The number of nitrogens with one attached hydrogen (secondary N) is 1. The van der Waals surface area contributed by atoms with Crippen LogP contribution in [0.5, 0.6) is 0 Å². The van der Waals surface area contributed by atoms with Gasteiger partial charge in [-0.3, -0.25) is 9.59 Å². The molecule has 0 saturated carbocycles. The summed E-state index contributed by atoms with van der Waals surface area (Å²) in [6, 6.07) is 0. The maximum Gasteiger partial charge on any atom is 0.325 e. The van der Waals surface area contributed by atoms with Crippen LogP contribution in [0.15, 0.2) is 0 Å². The Morgan fingerprint density at radius 3 is 2.53 bits per heavy atom. The summed E-state index contributed by atoms with van der Waals surface area (Å²) < 4.78 is 9.62. The van der Waals surface area contributed by atoms with Crippen LogP contribution in [0, 0.1) is 5.41 Å². The molecule has 1 rings (SSSR count). The zero-order valence-corrected chi connectivity index (χ0v) is 10.5. The van der Waals surface area contributed by atoms with E-state index in [4.69, 9.17) is 22.7 Å². The van der Waals surface area contributed by atoms with E-state index in [9.17, 15) is 9.59 Å². The smallest absolute Gasteiger partial charge is 0.325 e. The van der Waals surface area contributed by atoms with Gasteiger partial charge in [0.2, 0.25) is 5.91 Å². The fourth-order valence-corrected chi connectivity index (χ4v) is 2.00. The van der Waals surface area contributed by atoms with Crippen LogP contribution in [-0.4, -0.2) is 43.7 Å². The molecule has 1 aliphatic rings. The molecule has 0 atom stereocenters. The van der Waals surface area contributed by atoms with Gasteiger partial charge in [0, 0.05) is 13.2 Å².